The molecule has 0 bridgehead atoms. The van der Waals surface area contributed by atoms with E-state index in [-0.39, 0.29) is 0 Å². The monoisotopic (exact) mass is 391 g/mol. The summed E-state index contributed by atoms with van der Waals surface area (Å²) >= 11 is 9.15. The van der Waals surface area contributed by atoms with Gasteiger partial charge in [0.25, 0.3) is 0 Å². The first kappa shape index (κ1) is 18.0. The molecule has 1 aromatic carbocycles. The Bertz CT molecular complexity index is 858. The summed E-state index contributed by atoms with van der Waals surface area (Å²) in [6, 6.07) is 7.89. The molecule has 2 aromatic heterocycles. The number of aldehydes is 1. The van der Waals surface area contributed by atoms with Gasteiger partial charge in [0.15, 0.2) is 11.4 Å². The lowest BCUT2D eigenvalue weighted by Crippen LogP contribution is -2.25. The Morgan fingerprint density at radius 3 is 2.56 bits per heavy atom. The topological polar surface area (TPSA) is 46.1 Å². The van der Waals surface area contributed by atoms with E-state index in [1.807, 2.05) is 38.1 Å². The summed E-state index contributed by atoms with van der Waals surface area (Å²) in [5.41, 5.74) is 2.76. The molecule has 25 heavy (non-hydrogen) atoms. The Morgan fingerprint density at radius 2 is 1.96 bits per heavy atom. The lowest BCUT2D eigenvalue weighted by atomic mass is 10.1. The number of nitrogens with zero attached hydrogens (tertiary/aromatic N) is 3. The predicted molar refractivity (Wildman–Crippen MR) is 105 cm³/mol. The predicted octanol–water partition coefficient (Wildman–Crippen LogP) is 4.93. The van der Waals surface area contributed by atoms with E-state index in [1.165, 1.54) is 5.56 Å². The van der Waals surface area contributed by atoms with Crippen LogP contribution in [0.4, 0.5) is 5.13 Å². The van der Waals surface area contributed by atoms with Crippen LogP contribution in [-0.2, 0) is 13.0 Å². The molecular weight excluding hydrogens is 374 g/mol. The van der Waals surface area contributed by atoms with Gasteiger partial charge in [-0.2, -0.15) is 0 Å². The first-order valence-corrected chi connectivity index (χ1v) is 9.95. The first-order valence-electron chi connectivity index (χ1n) is 7.88. The van der Waals surface area contributed by atoms with E-state index in [4.69, 9.17) is 11.6 Å². The Balaban J connectivity index is 1.79. The zero-order chi connectivity index (χ0) is 17.8. The van der Waals surface area contributed by atoms with Crippen molar-refractivity contribution in [3.8, 4) is 0 Å². The molecule has 0 saturated heterocycles. The second-order valence-electron chi connectivity index (χ2n) is 5.71. The fraction of sp³-hybridized carbons (Fsp3) is 0.278. The molecule has 0 aliphatic heterocycles. The maximum Gasteiger partial charge on any atom is 0.186 e. The van der Waals surface area contributed by atoms with E-state index < -0.39 is 0 Å². The highest BCUT2D eigenvalue weighted by atomic mass is 35.5. The molecule has 0 saturated carbocycles. The van der Waals surface area contributed by atoms with Crippen molar-refractivity contribution in [1.82, 2.24) is 9.97 Å². The second-order valence-corrected chi connectivity index (χ2v) is 8.39. The maximum absolute atomic E-state index is 11.1. The molecule has 0 unspecified atom stereocenters. The summed E-state index contributed by atoms with van der Waals surface area (Å²) in [5, 5.41) is 4.73. The van der Waals surface area contributed by atoms with Crippen molar-refractivity contribution >= 4 is 45.7 Å². The van der Waals surface area contributed by atoms with Crippen molar-refractivity contribution in [3.05, 3.63) is 61.5 Å². The minimum absolute atomic E-state index is 0.519. The van der Waals surface area contributed by atoms with Gasteiger partial charge in [-0.05, 0) is 38.0 Å². The standard InChI is InChI=1S/C18H18ClN3OS2/c1-12-17(10-23)21-18(25-12)22(9-16-11-24-13(2)20-16)8-7-14-3-5-15(19)6-4-14/h3-6,10-11H,7-9H2,1-2H3. The molecule has 0 aliphatic rings. The number of aryl methyl sites for hydroxylation is 2. The molecule has 3 aromatic rings. The molecular formula is C18H18ClN3OS2. The zero-order valence-corrected chi connectivity index (χ0v) is 16.4. The van der Waals surface area contributed by atoms with Gasteiger partial charge in [0.2, 0.25) is 0 Å². The van der Waals surface area contributed by atoms with Crippen LogP contribution in [0, 0.1) is 13.8 Å². The fourth-order valence-electron chi connectivity index (χ4n) is 2.47. The molecule has 130 valence electrons. The van der Waals surface area contributed by atoms with Gasteiger partial charge in [-0.25, -0.2) is 9.97 Å². The van der Waals surface area contributed by atoms with Crippen LogP contribution < -0.4 is 4.90 Å². The molecule has 0 atom stereocenters. The zero-order valence-electron chi connectivity index (χ0n) is 14.0. The lowest BCUT2D eigenvalue weighted by Gasteiger charge is -2.21. The average molecular weight is 392 g/mol. The van der Waals surface area contributed by atoms with Crippen molar-refractivity contribution in [1.29, 1.82) is 0 Å². The quantitative estimate of drug-likeness (QED) is 0.535. The Kier molecular flexibility index (Phi) is 5.83. The third kappa shape index (κ3) is 4.66. The minimum Gasteiger partial charge on any atom is -0.342 e. The third-order valence-corrected chi connectivity index (χ3v) is 5.93. The molecule has 3 rings (SSSR count). The Labute approximate surface area is 160 Å². The van der Waals surface area contributed by atoms with E-state index >= 15 is 0 Å². The van der Waals surface area contributed by atoms with Crippen molar-refractivity contribution in [3.63, 3.8) is 0 Å². The van der Waals surface area contributed by atoms with E-state index in [9.17, 15) is 4.79 Å². The van der Waals surface area contributed by atoms with Crippen LogP contribution in [0.3, 0.4) is 0 Å². The second kappa shape index (κ2) is 8.08. The summed E-state index contributed by atoms with van der Waals surface area (Å²) in [6.07, 6.45) is 1.69. The van der Waals surface area contributed by atoms with Crippen molar-refractivity contribution in [2.75, 3.05) is 11.4 Å². The molecule has 0 aliphatic carbocycles. The molecule has 0 radical (unpaired) electrons. The number of carbonyl (C=O) groups is 1. The highest BCUT2D eigenvalue weighted by Gasteiger charge is 2.16. The number of anilines is 1. The van der Waals surface area contributed by atoms with E-state index in [0.29, 0.717) is 12.2 Å². The lowest BCUT2D eigenvalue weighted by molar-refractivity contribution is 0.111. The highest BCUT2D eigenvalue weighted by molar-refractivity contribution is 7.15. The summed E-state index contributed by atoms with van der Waals surface area (Å²) in [4.78, 5) is 23.3. The highest BCUT2D eigenvalue weighted by Crippen LogP contribution is 2.27. The van der Waals surface area contributed by atoms with Crippen LogP contribution in [0.25, 0.3) is 0 Å². The number of hydrogen-bond donors (Lipinski definition) is 0. The number of halogens is 1. The average Bonchev–Trinajstić information content (AvgIpc) is 3.18. The van der Waals surface area contributed by atoms with Gasteiger partial charge >= 0.3 is 0 Å². The van der Waals surface area contributed by atoms with Crippen molar-refractivity contribution in [2.45, 2.75) is 26.8 Å². The number of thiazole rings is 2. The van der Waals surface area contributed by atoms with Gasteiger partial charge in [-0.1, -0.05) is 23.7 Å². The van der Waals surface area contributed by atoms with Gasteiger partial charge in [-0.15, -0.1) is 22.7 Å². The van der Waals surface area contributed by atoms with Gasteiger partial charge in [0, 0.05) is 21.8 Å². The van der Waals surface area contributed by atoms with E-state index in [1.54, 1.807) is 22.7 Å². The van der Waals surface area contributed by atoms with Crippen LogP contribution in [0.15, 0.2) is 29.6 Å². The SMILES string of the molecule is Cc1nc(CN(CCc2ccc(Cl)cc2)c2nc(C=O)c(C)s2)cs1. The molecule has 2 heterocycles. The number of benzene rings is 1. The number of hydrogen-bond acceptors (Lipinski definition) is 6. The molecule has 7 heteroatoms. The van der Waals surface area contributed by atoms with Crippen LogP contribution in [-0.4, -0.2) is 22.8 Å². The molecule has 0 spiro atoms. The van der Waals surface area contributed by atoms with Gasteiger partial charge in [-0.3, -0.25) is 4.79 Å². The van der Waals surface area contributed by atoms with Crippen LogP contribution in [0.2, 0.25) is 5.02 Å². The summed E-state index contributed by atoms with van der Waals surface area (Å²) in [5.74, 6) is 0. The molecule has 0 amide bonds. The Hall–Kier alpha value is -1.76. The van der Waals surface area contributed by atoms with E-state index in [2.05, 4.69) is 20.2 Å². The smallest absolute Gasteiger partial charge is 0.186 e. The van der Waals surface area contributed by atoms with Gasteiger partial charge in [0.1, 0.15) is 5.69 Å². The van der Waals surface area contributed by atoms with E-state index in [0.717, 1.165) is 45.0 Å². The van der Waals surface area contributed by atoms with Crippen LogP contribution >= 0.6 is 34.3 Å². The normalized spacial score (nSPS) is 10.8. The summed E-state index contributed by atoms with van der Waals surface area (Å²) in [7, 11) is 0. The molecule has 4 nitrogen and oxygen atoms in total. The number of rotatable bonds is 7. The largest absolute Gasteiger partial charge is 0.342 e. The summed E-state index contributed by atoms with van der Waals surface area (Å²) in [6.45, 7) is 5.41. The Morgan fingerprint density at radius 1 is 1.20 bits per heavy atom. The van der Waals surface area contributed by atoms with Crippen molar-refractivity contribution in [2.24, 2.45) is 0 Å². The van der Waals surface area contributed by atoms with Crippen LogP contribution in [0.1, 0.15) is 31.6 Å². The molecule has 0 N–H and O–H groups in total. The first-order chi connectivity index (χ1) is 12.0. The maximum atomic E-state index is 11.1. The number of carbonyl (C=O) groups excluding carboxylic acids is 1. The van der Waals surface area contributed by atoms with Crippen molar-refractivity contribution < 1.29 is 4.79 Å². The fourth-order valence-corrected chi connectivity index (χ4v) is 4.10. The molecule has 0 fully saturated rings. The van der Waals surface area contributed by atoms with Crippen LogP contribution in [0.5, 0.6) is 0 Å². The summed E-state index contributed by atoms with van der Waals surface area (Å²) < 4.78 is 0. The number of aromatic nitrogens is 2. The van der Waals surface area contributed by atoms with Gasteiger partial charge < -0.3 is 4.90 Å². The third-order valence-electron chi connectivity index (χ3n) is 3.81. The minimum atomic E-state index is 0.519. The van der Waals surface area contributed by atoms with Gasteiger partial charge in [0.05, 0.1) is 17.2 Å².